The third-order valence-electron chi connectivity index (χ3n) is 2.89. The second-order valence-electron chi connectivity index (χ2n) is 3.96. The summed E-state index contributed by atoms with van der Waals surface area (Å²) < 4.78 is 0. The monoisotopic (exact) mass is 246 g/mol. The zero-order valence-electron chi connectivity index (χ0n) is 10.2. The van der Waals surface area contributed by atoms with Gasteiger partial charge in [-0.3, -0.25) is 0 Å². The maximum atomic E-state index is 9.10. The average Bonchev–Trinajstić information content (AvgIpc) is 2.46. The van der Waals surface area contributed by atoms with Crippen LogP contribution in [-0.2, 0) is 0 Å². The smallest absolute Gasteiger partial charge is 0.106 e. The van der Waals surface area contributed by atoms with E-state index < -0.39 is 0 Å². The maximum Gasteiger partial charge on any atom is 0.106 e. The van der Waals surface area contributed by atoms with Crippen molar-refractivity contribution in [3.05, 3.63) is 42.0 Å². The highest BCUT2D eigenvalue weighted by atomic mass is 15.1. The van der Waals surface area contributed by atoms with Crippen LogP contribution in [0.1, 0.15) is 5.56 Å². The van der Waals surface area contributed by atoms with Crippen LogP contribution in [0.4, 0.5) is 5.69 Å². The maximum absolute atomic E-state index is 9.10. The number of hydrogen-bond donors (Lipinski definition) is 0. The van der Waals surface area contributed by atoms with Crippen molar-refractivity contribution < 1.29 is 0 Å². The Balaban J connectivity index is 2.66. The minimum Gasteiger partial charge on any atom is -0.344 e. The van der Waals surface area contributed by atoms with Gasteiger partial charge in [0.05, 0.1) is 23.8 Å². The van der Waals surface area contributed by atoms with Gasteiger partial charge in [-0.1, -0.05) is 24.3 Å². The van der Waals surface area contributed by atoms with Gasteiger partial charge in [0.2, 0.25) is 0 Å². The zero-order valence-corrected chi connectivity index (χ0v) is 10.2. The van der Waals surface area contributed by atoms with Crippen molar-refractivity contribution >= 4 is 16.5 Å². The van der Waals surface area contributed by atoms with Gasteiger partial charge in [-0.05, 0) is 12.1 Å². The molecule has 2 aromatic carbocycles. The quantitative estimate of drug-likeness (QED) is 0.780. The van der Waals surface area contributed by atoms with Gasteiger partial charge < -0.3 is 4.90 Å². The van der Waals surface area contributed by atoms with Gasteiger partial charge in [0.15, 0.2) is 0 Å². The van der Waals surface area contributed by atoms with Gasteiger partial charge in [0.1, 0.15) is 13.1 Å². The molecule has 0 radical (unpaired) electrons. The molecule has 0 aliphatic carbocycles. The molecule has 4 heteroatoms. The Morgan fingerprint density at radius 2 is 1.47 bits per heavy atom. The van der Waals surface area contributed by atoms with E-state index in [1.807, 2.05) is 24.3 Å². The molecule has 90 valence electrons. The molecule has 0 spiro atoms. The molecule has 0 heterocycles. The molecule has 2 rings (SSSR count). The van der Waals surface area contributed by atoms with E-state index in [0.29, 0.717) is 5.56 Å². The van der Waals surface area contributed by atoms with Gasteiger partial charge in [0.25, 0.3) is 0 Å². The molecule has 2 aromatic rings. The lowest BCUT2D eigenvalue weighted by atomic mass is 10.0. The molecule has 0 amide bonds. The van der Waals surface area contributed by atoms with E-state index in [1.54, 1.807) is 17.0 Å². The molecule has 0 saturated carbocycles. The number of nitrogens with zero attached hydrogens (tertiary/aromatic N) is 4. The number of benzene rings is 2. The van der Waals surface area contributed by atoms with Gasteiger partial charge in [0, 0.05) is 16.5 Å². The first-order valence-corrected chi connectivity index (χ1v) is 5.72. The number of rotatable bonds is 3. The van der Waals surface area contributed by atoms with E-state index in [9.17, 15) is 0 Å². The van der Waals surface area contributed by atoms with E-state index in [-0.39, 0.29) is 13.1 Å². The van der Waals surface area contributed by atoms with Crippen LogP contribution in [0, 0.1) is 34.0 Å². The topological polar surface area (TPSA) is 74.6 Å². The molecule has 0 fully saturated rings. The van der Waals surface area contributed by atoms with Crippen molar-refractivity contribution in [2.24, 2.45) is 0 Å². The minimum absolute atomic E-state index is 0.142. The Labute approximate surface area is 111 Å². The predicted molar refractivity (Wildman–Crippen MR) is 72.1 cm³/mol. The second-order valence-corrected chi connectivity index (χ2v) is 3.96. The Kier molecular flexibility index (Phi) is 3.62. The first-order valence-electron chi connectivity index (χ1n) is 5.72. The molecule has 0 bridgehead atoms. The summed E-state index contributed by atoms with van der Waals surface area (Å²) in [5, 5.41) is 28.5. The second kappa shape index (κ2) is 5.54. The van der Waals surface area contributed by atoms with Crippen molar-refractivity contribution in [2.45, 2.75) is 0 Å². The molecule has 4 nitrogen and oxygen atoms in total. The van der Waals surface area contributed by atoms with Crippen molar-refractivity contribution in [1.29, 1.82) is 15.8 Å². The molecular formula is C15H10N4. The third kappa shape index (κ3) is 2.32. The van der Waals surface area contributed by atoms with Gasteiger partial charge >= 0.3 is 0 Å². The van der Waals surface area contributed by atoms with Crippen LogP contribution in [-0.4, -0.2) is 13.1 Å². The Morgan fingerprint density at radius 1 is 0.842 bits per heavy atom. The third-order valence-corrected chi connectivity index (χ3v) is 2.89. The first-order chi connectivity index (χ1) is 9.31. The van der Waals surface area contributed by atoms with Crippen molar-refractivity contribution in [1.82, 2.24) is 0 Å². The van der Waals surface area contributed by atoms with E-state index >= 15 is 0 Å². The van der Waals surface area contributed by atoms with Crippen LogP contribution in [0.15, 0.2) is 36.4 Å². The van der Waals surface area contributed by atoms with E-state index in [2.05, 4.69) is 18.2 Å². The number of nitriles is 3. The fourth-order valence-electron chi connectivity index (χ4n) is 2.05. The normalized spacial score (nSPS) is 9.32. The molecule has 0 aromatic heterocycles. The van der Waals surface area contributed by atoms with Crippen LogP contribution in [0.25, 0.3) is 10.8 Å². The van der Waals surface area contributed by atoms with E-state index in [4.69, 9.17) is 15.8 Å². The van der Waals surface area contributed by atoms with Crippen LogP contribution in [0.3, 0.4) is 0 Å². The van der Waals surface area contributed by atoms with Crippen LogP contribution in [0.5, 0.6) is 0 Å². The molecule has 0 saturated heterocycles. The Hall–Kier alpha value is -3.03. The minimum atomic E-state index is 0.142. The molecule has 0 aliphatic heterocycles. The van der Waals surface area contributed by atoms with Gasteiger partial charge in [-0.25, -0.2) is 0 Å². The van der Waals surface area contributed by atoms with Crippen LogP contribution < -0.4 is 4.90 Å². The lowest BCUT2D eigenvalue weighted by Gasteiger charge is -2.20. The van der Waals surface area contributed by atoms with Gasteiger partial charge in [-0.15, -0.1) is 0 Å². The van der Waals surface area contributed by atoms with Crippen molar-refractivity contribution in [2.75, 3.05) is 18.0 Å². The Morgan fingerprint density at radius 3 is 2.05 bits per heavy atom. The lowest BCUT2D eigenvalue weighted by molar-refractivity contribution is 0.972. The molecule has 19 heavy (non-hydrogen) atoms. The molecule has 0 unspecified atom stereocenters. The fraction of sp³-hybridized carbons (Fsp3) is 0.133. The fourth-order valence-corrected chi connectivity index (χ4v) is 2.05. The lowest BCUT2D eigenvalue weighted by Crippen LogP contribution is -2.24. The highest BCUT2D eigenvalue weighted by Crippen LogP contribution is 2.29. The molecule has 0 aliphatic rings. The summed E-state index contributed by atoms with van der Waals surface area (Å²) in [6.07, 6.45) is 0. The summed E-state index contributed by atoms with van der Waals surface area (Å²) >= 11 is 0. The summed E-state index contributed by atoms with van der Waals surface area (Å²) in [5.41, 5.74) is 1.39. The van der Waals surface area contributed by atoms with Crippen molar-refractivity contribution in [3.63, 3.8) is 0 Å². The van der Waals surface area contributed by atoms with E-state index in [1.165, 1.54) is 0 Å². The average molecular weight is 246 g/mol. The SMILES string of the molecule is N#CCN(CC#N)c1ccc(C#N)c2ccccc12. The highest BCUT2D eigenvalue weighted by Gasteiger charge is 2.11. The van der Waals surface area contributed by atoms with Crippen LogP contribution >= 0.6 is 0 Å². The molecule has 0 atom stereocenters. The number of hydrogen-bond acceptors (Lipinski definition) is 4. The van der Waals surface area contributed by atoms with Crippen LogP contribution in [0.2, 0.25) is 0 Å². The summed E-state index contributed by atoms with van der Waals surface area (Å²) in [4.78, 5) is 1.70. The molecule has 0 N–H and O–H groups in total. The Bertz CT molecular complexity index is 712. The molecular weight excluding hydrogens is 236 g/mol. The zero-order chi connectivity index (χ0) is 13.7. The van der Waals surface area contributed by atoms with E-state index in [0.717, 1.165) is 16.5 Å². The highest BCUT2D eigenvalue weighted by molar-refractivity contribution is 5.98. The summed E-state index contributed by atoms with van der Waals surface area (Å²) in [5.74, 6) is 0. The largest absolute Gasteiger partial charge is 0.344 e. The number of anilines is 1. The summed E-state index contributed by atoms with van der Waals surface area (Å²) in [6, 6.07) is 17.3. The number of fused-ring (bicyclic) bond motifs is 1. The standard InChI is InChI=1S/C15H10N4/c16-7-9-19(10-8-17)15-6-5-12(11-18)13-3-1-2-4-14(13)15/h1-6H,9-10H2. The summed E-state index contributed by atoms with van der Waals surface area (Å²) in [7, 11) is 0. The predicted octanol–water partition coefficient (Wildman–Crippen LogP) is 2.57. The van der Waals surface area contributed by atoms with Crippen molar-refractivity contribution in [3.8, 4) is 18.2 Å². The van der Waals surface area contributed by atoms with Gasteiger partial charge in [-0.2, -0.15) is 15.8 Å². The first kappa shape index (κ1) is 12.4. The summed E-state index contributed by atoms with van der Waals surface area (Å²) in [6.45, 7) is 0.285.